The van der Waals surface area contributed by atoms with Crippen molar-refractivity contribution >= 4 is 16.9 Å². The van der Waals surface area contributed by atoms with Crippen molar-refractivity contribution in [1.82, 2.24) is 9.55 Å². The van der Waals surface area contributed by atoms with Gasteiger partial charge in [0.15, 0.2) is 0 Å². The molecule has 138 valence electrons. The lowest BCUT2D eigenvalue weighted by atomic mass is 10.00. The van der Waals surface area contributed by atoms with Gasteiger partial charge in [-0.1, -0.05) is 30.3 Å². The predicted molar refractivity (Wildman–Crippen MR) is 105 cm³/mol. The van der Waals surface area contributed by atoms with Gasteiger partial charge in [0.2, 0.25) is 0 Å². The number of halogens is 1. The molecule has 0 bridgehead atoms. The largest absolute Gasteiger partial charge is 0.478 e. The van der Waals surface area contributed by atoms with E-state index < -0.39 is 11.8 Å². The van der Waals surface area contributed by atoms with Crippen molar-refractivity contribution in [2.24, 2.45) is 0 Å². The smallest absolute Gasteiger partial charge is 0.335 e. The molecule has 28 heavy (non-hydrogen) atoms. The number of pyridine rings is 1. The predicted octanol–water partition coefficient (Wildman–Crippen LogP) is 5.41. The number of carboxylic acid groups (broad SMARTS) is 1. The number of aromatic carboxylic acids is 1. The third-order valence-electron chi connectivity index (χ3n) is 5.26. The fraction of sp³-hybridized carbons (Fsp3) is 0.130. The summed E-state index contributed by atoms with van der Waals surface area (Å²) in [5, 5.41) is 10.3. The minimum absolute atomic E-state index is 0.201. The van der Waals surface area contributed by atoms with Crippen LogP contribution < -0.4 is 0 Å². The summed E-state index contributed by atoms with van der Waals surface area (Å²) >= 11 is 0. The number of fused-ring (bicyclic) bond motifs is 1. The fourth-order valence-corrected chi connectivity index (χ4v) is 3.67. The summed E-state index contributed by atoms with van der Waals surface area (Å²) in [6, 6.07) is 16.5. The second-order valence-corrected chi connectivity index (χ2v) is 7.18. The lowest BCUT2D eigenvalue weighted by Gasteiger charge is -2.04. The van der Waals surface area contributed by atoms with Crippen LogP contribution in [0.25, 0.3) is 27.8 Å². The lowest BCUT2D eigenvalue weighted by molar-refractivity contribution is 0.0697. The van der Waals surface area contributed by atoms with Crippen molar-refractivity contribution < 1.29 is 14.3 Å². The molecule has 0 atom stereocenters. The number of nitrogens with zero attached hydrogens (tertiary/aromatic N) is 2. The molecule has 0 amide bonds. The lowest BCUT2D eigenvalue weighted by Crippen LogP contribution is -1.99. The van der Waals surface area contributed by atoms with Gasteiger partial charge >= 0.3 is 5.97 Å². The van der Waals surface area contributed by atoms with E-state index >= 15 is 0 Å². The highest BCUT2D eigenvalue weighted by Crippen LogP contribution is 2.42. The molecule has 5 heteroatoms. The highest BCUT2D eigenvalue weighted by Gasteiger charge is 2.24. The molecule has 0 unspecified atom stereocenters. The van der Waals surface area contributed by atoms with E-state index in [1.54, 1.807) is 18.2 Å². The molecule has 2 aromatic heterocycles. The summed E-state index contributed by atoms with van der Waals surface area (Å²) in [5.74, 6) is -0.216. The topological polar surface area (TPSA) is 55.1 Å². The Hall–Kier alpha value is -3.47. The van der Waals surface area contributed by atoms with Gasteiger partial charge < -0.3 is 9.67 Å². The summed E-state index contributed by atoms with van der Waals surface area (Å²) < 4.78 is 15.2. The van der Waals surface area contributed by atoms with E-state index in [-0.39, 0.29) is 5.56 Å². The average Bonchev–Trinajstić information content (AvgIpc) is 3.49. The molecular formula is C23H17FN2O2. The Balaban J connectivity index is 1.74. The summed E-state index contributed by atoms with van der Waals surface area (Å²) in [7, 11) is 0. The van der Waals surface area contributed by atoms with E-state index in [1.165, 1.54) is 24.5 Å². The molecule has 4 nitrogen and oxygen atoms in total. The normalized spacial score (nSPS) is 13.8. The summed E-state index contributed by atoms with van der Waals surface area (Å²) in [4.78, 5) is 15.6. The first-order valence-electron chi connectivity index (χ1n) is 9.21. The van der Waals surface area contributed by atoms with Crippen LogP contribution in [0.4, 0.5) is 4.39 Å². The molecule has 1 aliphatic rings. The second-order valence-electron chi connectivity index (χ2n) is 7.18. The zero-order valence-electron chi connectivity index (χ0n) is 15.0. The highest BCUT2D eigenvalue weighted by atomic mass is 19.1. The van der Waals surface area contributed by atoms with E-state index in [0.29, 0.717) is 11.7 Å². The molecule has 1 saturated carbocycles. The highest BCUT2D eigenvalue weighted by molar-refractivity contribution is 6.01. The van der Waals surface area contributed by atoms with E-state index in [9.17, 15) is 14.3 Å². The first-order chi connectivity index (χ1) is 13.6. The maximum Gasteiger partial charge on any atom is 0.335 e. The van der Waals surface area contributed by atoms with Gasteiger partial charge in [-0.3, -0.25) is 0 Å². The van der Waals surface area contributed by atoms with Gasteiger partial charge in [-0.2, -0.15) is 0 Å². The van der Waals surface area contributed by atoms with Crippen LogP contribution in [0.15, 0.2) is 67.0 Å². The molecule has 0 aliphatic heterocycles. The molecule has 1 N–H and O–H groups in total. The molecule has 2 heterocycles. The molecule has 0 radical (unpaired) electrons. The Morgan fingerprint density at radius 1 is 1.11 bits per heavy atom. The van der Waals surface area contributed by atoms with E-state index in [2.05, 4.69) is 29.2 Å². The molecule has 5 rings (SSSR count). The van der Waals surface area contributed by atoms with E-state index in [0.717, 1.165) is 28.2 Å². The number of hydrogen-bond acceptors (Lipinski definition) is 2. The maximum atomic E-state index is 13.3. The summed E-state index contributed by atoms with van der Waals surface area (Å²) in [6.45, 7) is 0. The van der Waals surface area contributed by atoms with Crippen LogP contribution in [0.2, 0.25) is 0 Å². The third kappa shape index (κ3) is 2.85. The first kappa shape index (κ1) is 16.7. The average molecular weight is 372 g/mol. The van der Waals surface area contributed by atoms with Crippen molar-refractivity contribution in [3.8, 4) is 16.9 Å². The Labute approximate surface area is 160 Å². The van der Waals surface area contributed by atoms with Crippen LogP contribution in [0, 0.1) is 5.82 Å². The third-order valence-corrected chi connectivity index (χ3v) is 5.26. The van der Waals surface area contributed by atoms with Crippen molar-refractivity contribution in [1.29, 1.82) is 0 Å². The standard InChI is InChI=1S/C23H17FN2O2/c24-18-7-9-22(25-12-18)26-13-20(16-3-1-2-15(10-16)14-4-5-14)19-8-6-17(23(27)28)11-21(19)26/h1-3,6-14H,4-5H2,(H,27,28). The van der Waals surface area contributed by atoms with Gasteiger partial charge in [0.25, 0.3) is 0 Å². The van der Waals surface area contributed by atoms with Gasteiger partial charge in [-0.25, -0.2) is 14.2 Å². The van der Waals surface area contributed by atoms with Crippen LogP contribution >= 0.6 is 0 Å². The molecule has 4 aromatic rings. The van der Waals surface area contributed by atoms with E-state index in [4.69, 9.17) is 0 Å². The number of rotatable bonds is 4. The zero-order chi connectivity index (χ0) is 19.3. The van der Waals surface area contributed by atoms with E-state index in [1.807, 2.05) is 16.8 Å². The number of carboxylic acids is 1. The number of hydrogen-bond donors (Lipinski definition) is 1. The first-order valence-corrected chi connectivity index (χ1v) is 9.21. The fourth-order valence-electron chi connectivity index (χ4n) is 3.67. The number of aromatic nitrogens is 2. The van der Waals surface area contributed by atoms with Crippen molar-refractivity contribution in [2.75, 3.05) is 0 Å². The van der Waals surface area contributed by atoms with Crippen LogP contribution in [0.3, 0.4) is 0 Å². The zero-order valence-corrected chi connectivity index (χ0v) is 15.0. The Morgan fingerprint density at radius 2 is 1.96 bits per heavy atom. The van der Waals surface area contributed by atoms with Gasteiger partial charge in [-0.15, -0.1) is 0 Å². The van der Waals surface area contributed by atoms with Gasteiger partial charge in [-0.05, 0) is 54.2 Å². The molecule has 1 aliphatic carbocycles. The summed E-state index contributed by atoms with van der Waals surface area (Å²) in [6.07, 6.45) is 5.57. The van der Waals surface area contributed by atoms with Crippen molar-refractivity contribution in [3.05, 3.63) is 83.9 Å². The van der Waals surface area contributed by atoms with Crippen LogP contribution in [0.5, 0.6) is 0 Å². The Bertz CT molecular complexity index is 1210. The quantitative estimate of drug-likeness (QED) is 0.521. The van der Waals surface area contributed by atoms with Gasteiger partial charge in [0.05, 0.1) is 17.3 Å². The minimum Gasteiger partial charge on any atom is -0.478 e. The minimum atomic E-state index is -0.987. The second kappa shape index (κ2) is 6.30. The van der Waals surface area contributed by atoms with Crippen LogP contribution in [-0.2, 0) is 0 Å². The van der Waals surface area contributed by atoms with Gasteiger partial charge in [0.1, 0.15) is 11.6 Å². The van der Waals surface area contributed by atoms with Crippen LogP contribution in [-0.4, -0.2) is 20.6 Å². The monoisotopic (exact) mass is 372 g/mol. The molecule has 0 spiro atoms. The molecule has 1 fully saturated rings. The molecule has 0 saturated heterocycles. The molecule has 2 aromatic carbocycles. The van der Waals surface area contributed by atoms with Gasteiger partial charge in [0, 0.05) is 17.1 Å². The maximum absolute atomic E-state index is 13.3. The number of benzene rings is 2. The Kier molecular flexibility index (Phi) is 3.76. The molecular weight excluding hydrogens is 355 g/mol. The van der Waals surface area contributed by atoms with Crippen LogP contribution in [0.1, 0.15) is 34.7 Å². The summed E-state index contributed by atoms with van der Waals surface area (Å²) in [5.41, 5.74) is 4.34. The van der Waals surface area contributed by atoms with Crippen molar-refractivity contribution in [2.45, 2.75) is 18.8 Å². The Morgan fingerprint density at radius 3 is 2.68 bits per heavy atom. The SMILES string of the molecule is O=C(O)c1ccc2c(-c3cccc(C4CC4)c3)cn(-c3ccc(F)cn3)c2c1. The number of carbonyl (C=O) groups is 1. The van der Waals surface area contributed by atoms with Crippen molar-refractivity contribution in [3.63, 3.8) is 0 Å².